The first kappa shape index (κ1) is 21.1. The molecular weight excluding hydrogens is 412 g/mol. The topological polar surface area (TPSA) is 67.2 Å². The minimum atomic E-state index is 0.0916. The number of anilines is 1. The van der Waals surface area contributed by atoms with Crippen LogP contribution in [-0.2, 0) is 0 Å². The number of benzene rings is 2. The number of carbonyl (C=O) groups excluding carboxylic acids is 1. The van der Waals surface area contributed by atoms with E-state index < -0.39 is 0 Å². The predicted octanol–water partition coefficient (Wildman–Crippen LogP) is 4.09. The number of rotatable bonds is 3. The number of aromatic nitrogens is 4. The summed E-state index contributed by atoms with van der Waals surface area (Å²) in [7, 11) is 0. The summed E-state index contributed by atoms with van der Waals surface area (Å²) in [6.07, 6.45) is 0.883. The van der Waals surface area contributed by atoms with E-state index in [1.807, 2.05) is 85.0 Å². The number of carbonyl (C=O) groups is 1. The van der Waals surface area contributed by atoms with Crippen molar-refractivity contribution in [2.75, 3.05) is 31.1 Å². The lowest BCUT2D eigenvalue weighted by atomic mass is 10.1. The van der Waals surface area contributed by atoms with Crippen molar-refractivity contribution in [1.82, 2.24) is 24.6 Å². The minimum absolute atomic E-state index is 0.0916. The van der Waals surface area contributed by atoms with Gasteiger partial charge < -0.3 is 9.80 Å². The molecule has 1 fully saturated rings. The van der Waals surface area contributed by atoms with Gasteiger partial charge in [-0.3, -0.25) is 4.79 Å². The summed E-state index contributed by atoms with van der Waals surface area (Å²) < 4.78 is 1.90. The molecule has 1 amide bonds. The van der Waals surface area contributed by atoms with Crippen LogP contribution < -0.4 is 4.90 Å². The Morgan fingerprint density at radius 2 is 1.61 bits per heavy atom. The Morgan fingerprint density at radius 3 is 2.36 bits per heavy atom. The maximum Gasteiger partial charge on any atom is 0.253 e. The van der Waals surface area contributed by atoms with Gasteiger partial charge in [0.1, 0.15) is 11.6 Å². The highest BCUT2D eigenvalue weighted by atomic mass is 16.2. The molecule has 3 heterocycles. The molecule has 2 aromatic carbocycles. The molecule has 2 aromatic heterocycles. The normalized spacial score (nSPS) is 14.5. The third-order valence-corrected chi connectivity index (χ3v) is 6.18. The van der Waals surface area contributed by atoms with Crippen LogP contribution in [0.3, 0.4) is 0 Å². The largest absolute Gasteiger partial charge is 0.354 e. The van der Waals surface area contributed by atoms with Crippen molar-refractivity contribution in [3.8, 4) is 5.69 Å². The molecule has 0 unspecified atom stereocenters. The van der Waals surface area contributed by atoms with Gasteiger partial charge in [0.2, 0.25) is 0 Å². The van der Waals surface area contributed by atoms with Gasteiger partial charge in [-0.05, 0) is 51.5 Å². The highest BCUT2D eigenvalue weighted by molar-refractivity contribution is 5.94. The highest BCUT2D eigenvalue weighted by Gasteiger charge is 2.25. The molecule has 168 valence electrons. The van der Waals surface area contributed by atoms with E-state index in [1.165, 1.54) is 0 Å². The molecule has 0 aliphatic carbocycles. The number of hydrogen-bond donors (Lipinski definition) is 0. The number of hydrogen-bond acceptors (Lipinski definition) is 5. The average molecular weight is 441 g/mol. The second-order valence-corrected chi connectivity index (χ2v) is 8.62. The van der Waals surface area contributed by atoms with Gasteiger partial charge in [0.15, 0.2) is 5.65 Å². The molecule has 0 atom stereocenters. The van der Waals surface area contributed by atoms with E-state index in [-0.39, 0.29) is 5.91 Å². The van der Waals surface area contributed by atoms with Crippen LogP contribution in [0.25, 0.3) is 16.7 Å². The van der Waals surface area contributed by atoms with E-state index in [1.54, 1.807) is 0 Å². The first-order valence-electron chi connectivity index (χ1n) is 11.4. The first-order chi connectivity index (χ1) is 16.0. The van der Waals surface area contributed by atoms with Gasteiger partial charge >= 0.3 is 0 Å². The Bertz CT molecular complexity index is 1300. The van der Waals surface area contributed by atoms with Crippen LogP contribution in [0, 0.1) is 20.8 Å². The molecule has 0 radical (unpaired) electrons. The van der Waals surface area contributed by atoms with Crippen LogP contribution in [0.1, 0.15) is 33.9 Å². The lowest BCUT2D eigenvalue weighted by Gasteiger charge is -2.24. The zero-order chi connectivity index (χ0) is 22.9. The highest BCUT2D eigenvalue weighted by Crippen LogP contribution is 2.29. The van der Waals surface area contributed by atoms with Crippen LogP contribution in [0.4, 0.5) is 5.82 Å². The zero-order valence-corrected chi connectivity index (χ0v) is 19.3. The SMILES string of the molecule is Cc1ccc(C(=O)N2CCCN(c3nc(C)nc4c3c(C)nn4-c3ccccc3)CC2)cc1. The molecule has 33 heavy (non-hydrogen) atoms. The Balaban J connectivity index is 1.45. The zero-order valence-electron chi connectivity index (χ0n) is 19.3. The van der Waals surface area contributed by atoms with Gasteiger partial charge in [-0.2, -0.15) is 5.10 Å². The van der Waals surface area contributed by atoms with E-state index >= 15 is 0 Å². The van der Waals surface area contributed by atoms with E-state index in [9.17, 15) is 4.79 Å². The number of para-hydroxylation sites is 1. The van der Waals surface area contributed by atoms with Crippen molar-refractivity contribution >= 4 is 22.8 Å². The lowest BCUT2D eigenvalue weighted by molar-refractivity contribution is 0.0767. The van der Waals surface area contributed by atoms with Gasteiger partial charge in [0.25, 0.3) is 5.91 Å². The van der Waals surface area contributed by atoms with Crippen LogP contribution in [0.15, 0.2) is 54.6 Å². The second-order valence-electron chi connectivity index (χ2n) is 8.62. The Labute approximate surface area is 193 Å². The van der Waals surface area contributed by atoms with Crippen LogP contribution in [0.5, 0.6) is 0 Å². The van der Waals surface area contributed by atoms with Crippen molar-refractivity contribution in [3.05, 3.63) is 77.2 Å². The Hall–Kier alpha value is -3.74. The lowest BCUT2D eigenvalue weighted by Crippen LogP contribution is -2.35. The Morgan fingerprint density at radius 1 is 0.848 bits per heavy atom. The van der Waals surface area contributed by atoms with Gasteiger partial charge in [0.05, 0.1) is 16.8 Å². The van der Waals surface area contributed by atoms with E-state index in [0.717, 1.165) is 65.4 Å². The molecule has 7 heteroatoms. The van der Waals surface area contributed by atoms with Crippen LogP contribution in [-0.4, -0.2) is 56.7 Å². The summed E-state index contributed by atoms with van der Waals surface area (Å²) in [6, 6.07) is 17.9. The van der Waals surface area contributed by atoms with Crippen molar-refractivity contribution in [2.45, 2.75) is 27.2 Å². The molecule has 0 N–H and O–H groups in total. The molecule has 5 rings (SSSR count). The summed E-state index contributed by atoms with van der Waals surface area (Å²) in [5.41, 5.74) is 4.60. The van der Waals surface area contributed by atoms with Crippen molar-refractivity contribution in [1.29, 1.82) is 0 Å². The summed E-state index contributed by atoms with van der Waals surface area (Å²) >= 11 is 0. The summed E-state index contributed by atoms with van der Waals surface area (Å²) in [5, 5.41) is 5.77. The maximum absolute atomic E-state index is 13.1. The molecule has 7 nitrogen and oxygen atoms in total. The maximum atomic E-state index is 13.1. The van der Waals surface area contributed by atoms with E-state index in [0.29, 0.717) is 12.4 Å². The van der Waals surface area contributed by atoms with Gasteiger partial charge in [-0.15, -0.1) is 0 Å². The van der Waals surface area contributed by atoms with Crippen molar-refractivity contribution in [2.24, 2.45) is 0 Å². The quantitative estimate of drug-likeness (QED) is 0.480. The number of amides is 1. The fourth-order valence-corrected chi connectivity index (χ4v) is 4.46. The standard InChI is InChI=1S/C26H28N6O/c1-18-10-12-21(13-11-18)26(33)31-15-7-14-30(16-17-31)24-23-19(2)29-32(22-8-5-4-6-9-22)25(23)28-20(3)27-24/h4-6,8-13H,7,14-17H2,1-3H3. The summed E-state index contributed by atoms with van der Waals surface area (Å²) in [6.45, 7) is 8.91. The molecule has 4 aromatic rings. The molecule has 0 bridgehead atoms. The molecule has 0 saturated carbocycles. The molecular formula is C26H28N6O. The average Bonchev–Trinajstić information content (AvgIpc) is 2.99. The summed E-state index contributed by atoms with van der Waals surface area (Å²) in [4.78, 5) is 26.9. The Kier molecular flexibility index (Phi) is 5.54. The van der Waals surface area contributed by atoms with Gasteiger partial charge in [-0.1, -0.05) is 35.9 Å². The third kappa shape index (κ3) is 4.06. The number of fused-ring (bicyclic) bond motifs is 1. The smallest absolute Gasteiger partial charge is 0.253 e. The molecule has 1 aliphatic rings. The van der Waals surface area contributed by atoms with Crippen molar-refractivity contribution < 1.29 is 4.79 Å². The fraction of sp³-hybridized carbons (Fsp3) is 0.308. The van der Waals surface area contributed by atoms with E-state index in [2.05, 4.69) is 4.90 Å². The van der Waals surface area contributed by atoms with Crippen molar-refractivity contribution in [3.63, 3.8) is 0 Å². The summed E-state index contributed by atoms with van der Waals surface area (Å²) in [5.74, 6) is 1.71. The minimum Gasteiger partial charge on any atom is -0.354 e. The van der Waals surface area contributed by atoms with Gasteiger partial charge in [0, 0.05) is 31.7 Å². The predicted molar refractivity (Wildman–Crippen MR) is 130 cm³/mol. The van der Waals surface area contributed by atoms with Crippen LogP contribution in [0.2, 0.25) is 0 Å². The fourth-order valence-electron chi connectivity index (χ4n) is 4.46. The molecule has 1 saturated heterocycles. The second kappa shape index (κ2) is 8.65. The van der Waals surface area contributed by atoms with Crippen LogP contribution >= 0.6 is 0 Å². The molecule has 0 spiro atoms. The molecule has 1 aliphatic heterocycles. The number of aryl methyl sites for hydroxylation is 3. The number of nitrogens with zero attached hydrogens (tertiary/aromatic N) is 6. The van der Waals surface area contributed by atoms with E-state index in [4.69, 9.17) is 15.1 Å². The third-order valence-electron chi connectivity index (χ3n) is 6.18. The van der Waals surface area contributed by atoms with Gasteiger partial charge in [-0.25, -0.2) is 14.6 Å². The monoisotopic (exact) mass is 440 g/mol. The first-order valence-corrected chi connectivity index (χ1v) is 11.4.